The summed E-state index contributed by atoms with van der Waals surface area (Å²) in [6.07, 6.45) is 6.95. The number of pyridine rings is 1. The molecule has 3 aliphatic rings. The van der Waals surface area contributed by atoms with Gasteiger partial charge < -0.3 is 9.80 Å². The van der Waals surface area contributed by atoms with Crippen LogP contribution in [0.1, 0.15) is 47.0 Å². The number of fused-ring (bicyclic) bond motifs is 1. The molecule has 1 aliphatic carbocycles. The number of anilines is 1. The summed E-state index contributed by atoms with van der Waals surface area (Å²) < 4.78 is 1.96. The number of rotatable bonds is 4. The molecule has 1 amide bonds. The Kier molecular flexibility index (Phi) is 5.45. The molecule has 9 heteroatoms. The first-order valence-corrected chi connectivity index (χ1v) is 13.3. The Morgan fingerprint density at radius 1 is 1.36 bits per heavy atom. The lowest BCUT2D eigenvalue weighted by atomic mass is 9.79. The molecule has 1 atom stereocenters. The number of thiazole rings is 1. The van der Waals surface area contributed by atoms with Crippen LogP contribution in [0.2, 0.25) is 0 Å². The first kappa shape index (κ1) is 22.9. The van der Waals surface area contributed by atoms with Gasteiger partial charge >= 0.3 is 0 Å². The van der Waals surface area contributed by atoms with Crippen LogP contribution in [0.15, 0.2) is 30.4 Å². The Bertz CT molecular complexity index is 1410. The van der Waals surface area contributed by atoms with Gasteiger partial charge in [0.2, 0.25) is 5.91 Å². The smallest absolute Gasteiger partial charge is 0.245 e. The summed E-state index contributed by atoms with van der Waals surface area (Å²) >= 11 is 1.60. The molecule has 0 aromatic carbocycles. The van der Waals surface area contributed by atoms with E-state index in [1.165, 1.54) is 17.3 Å². The van der Waals surface area contributed by atoms with E-state index in [-0.39, 0.29) is 11.3 Å². The van der Waals surface area contributed by atoms with E-state index in [0.717, 1.165) is 79.5 Å². The van der Waals surface area contributed by atoms with Gasteiger partial charge in [-0.3, -0.25) is 9.48 Å². The summed E-state index contributed by atoms with van der Waals surface area (Å²) in [6, 6.07) is 4.64. The largest absolute Gasteiger partial charge is 0.355 e. The molecule has 0 saturated carbocycles. The highest BCUT2D eigenvalue weighted by Gasteiger charge is 2.49. The van der Waals surface area contributed by atoms with Crippen LogP contribution in [0.3, 0.4) is 0 Å². The van der Waals surface area contributed by atoms with Gasteiger partial charge in [-0.05, 0) is 50.3 Å². The fraction of sp³-hybridized carbons (Fsp3) is 0.444. The van der Waals surface area contributed by atoms with Crippen molar-refractivity contribution in [1.29, 1.82) is 5.26 Å². The summed E-state index contributed by atoms with van der Waals surface area (Å²) in [5.74, 6) is 1.13. The maximum absolute atomic E-state index is 12.0. The molecule has 0 bridgehead atoms. The molecule has 2 aliphatic heterocycles. The zero-order valence-electron chi connectivity index (χ0n) is 20.7. The summed E-state index contributed by atoms with van der Waals surface area (Å²) in [5, 5.41) is 14.8. The lowest BCUT2D eigenvalue weighted by molar-refractivity contribution is -0.136. The molecule has 5 heterocycles. The molecule has 0 N–H and O–H groups in total. The molecule has 0 radical (unpaired) electrons. The van der Waals surface area contributed by atoms with Crippen molar-refractivity contribution in [1.82, 2.24) is 24.6 Å². The van der Waals surface area contributed by atoms with Crippen molar-refractivity contribution < 1.29 is 4.79 Å². The van der Waals surface area contributed by atoms with Gasteiger partial charge in [0.05, 0.1) is 16.1 Å². The Balaban J connectivity index is 1.41. The van der Waals surface area contributed by atoms with Crippen LogP contribution in [0.4, 0.5) is 5.82 Å². The van der Waals surface area contributed by atoms with Gasteiger partial charge in [0, 0.05) is 67.7 Å². The summed E-state index contributed by atoms with van der Waals surface area (Å²) in [4.78, 5) is 27.0. The number of carbonyl (C=O) groups is 1. The summed E-state index contributed by atoms with van der Waals surface area (Å²) in [5.41, 5.74) is 8.09. The monoisotopic (exact) mass is 499 g/mol. The number of hydrogen-bond donors (Lipinski definition) is 0. The minimum Gasteiger partial charge on any atom is -0.355 e. The molecule has 8 nitrogen and oxygen atoms in total. The second kappa shape index (κ2) is 8.56. The molecule has 0 unspecified atom stereocenters. The van der Waals surface area contributed by atoms with Crippen molar-refractivity contribution in [3.8, 4) is 16.5 Å². The van der Waals surface area contributed by atoms with Gasteiger partial charge in [0.25, 0.3) is 0 Å². The molecule has 184 valence electrons. The fourth-order valence-electron chi connectivity index (χ4n) is 6.34. The lowest BCUT2D eigenvalue weighted by Gasteiger charge is -2.47. The van der Waals surface area contributed by atoms with Gasteiger partial charge in [-0.15, -0.1) is 11.3 Å². The van der Waals surface area contributed by atoms with Crippen LogP contribution in [0.5, 0.6) is 0 Å². The van der Waals surface area contributed by atoms with E-state index in [0.29, 0.717) is 11.5 Å². The van der Waals surface area contributed by atoms with E-state index in [9.17, 15) is 10.1 Å². The Morgan fingerprint density at radius 2 is 2.19 bits per heavy atom. The topological polar surface area (TPSA) is 90.9 Å². The van der Waals surface area contributed by atoms with Crippen molar-refractivity contribution in [2.24, 2.45) is 12.5 Å². The Hall–Kier alpha value is -3.51. The number of aryl methyl sites for hydroxylation is 2. The standard InChI is InChI=1S/C27H29N7OS/c1-4-23(35)34-14-27(15-34)8-10-33(13-27)26-20(12-28)24(25-17(2)29-16-36-25)19-6-5-18(11-21(19)31-26)22-7-9-30-32(22)3/h4,7,9,16,18H,1,5-6,8,10-11,13-15H2,2-3H3/t18-/m1/s1. The third-order valence-corrected chi connectivity index (χ3v) is 9.13. The number of hydrogen-bond acceptors (Lipinski definition) is 7. The number of aromatic nitrogens is 4. The second-order valence-electron chi connectivity index (χ2n) is 10.4. The van der Waals surface area contributed by atoms with Crippen LogP contribution in [0, 0.1) is 23.7 Å². The van der Waals surface area contributed by atoms with Gasteiger partial charge in [0.1, 0.15) is 17.5 Å². The third kappa shape index (κ3) is 3.54. The van der Waals surface area contributed by atoms with Crippen molar-refractivity contribution in [3.05, 3.63) is 58.6 Å². The maximum atomic E-state index is 12.0. The minimum atomic E-state index is -0.00661. The van der Waals surface area contributed by atoms with Crippen molar-refractivity contribution in [2.75, 3.05) is 31.1 Å². The quantitative estimate of drug-likeness (QED) is 0.510. The van der Waals surface area contributed by atoms with Crippen LogP contribution in [0.25, 0.3) is 10.4 Å². The molecule has 1 spiro atoms. The van der Waals surface area contributed by atoms with E-state index < -0.39 is 0 Å². The van der Waals surface area contributed by atoms with Gasteiger partial charge in [0.15, 0.2) is 0 Å². The maximum Gasteiger partial charge on any atom is 0.245 e. The molecular formula is C27H29N7OS. The highest BCUT2D eigenvalue weighted by Crippen LogP contribution is 2.46. The summed E-state index contributed by atoms with van der Waals surface area (Å²) in [6.45, 7) is 8.76. The van der Waals surface area contributed by atoms with Gasteiger partial charge in [-0.25, -0.2) is 9.97 Å². The number of carbonyl (C=O) groups excluding carboxylic acids is 1. The van der Waals surface area contributed by atoms with E-state index in [1.807, 2.05) is 35.3 Å². The van der Waals surface area contributed by atoms with Gasteiger partial charge in [-0.1, -0.05) is 6.58 Å². The molecule has 3 aromatic rings. The normalized spacial score (nSPS) is 20.2. The number of nitriles is 1. The van der Waals surface area contributed by atoms with E-state index >= 15 is 0 Å². The van der Waals surface area contributed by atoms with E-state index in [4.69, 9.17) is 4.98 Å². The van der Waals surface area contributed by atoms with Crippen LogP contribution in [-0.2, 0) is 24.7 Å². The van der Waals surface area contributed by atoms with Crippen molar-refractivity contribution in [3.63, 3.8) is 0 Å². The number of nitrogens with zero attached hydrogens (tertiary/aromatic N) is 7. The van der Waals surface area contributed by atoms with E-state index in [1.54, 1.807) is 11.3 Å². The number of likely N-dealkylation sites (tertiary alicyclic amines) is 1. The molecule has 36 heavy (non-hydrogen) atoms. The highest BCUT2D eigenvalue weighted by atomic mass is 32.1. The van der Waals surface area contributed by atoms with Crippen molar-refractivity contribution >= 4 is 23.1 Å². The highest BCUT2D eigenvalue weighted by molar-refractivity contribution is 7.13. The number of amides is 1. The SMILES string of the molecule is C=CC(=O)N1CC2(CCN(c3nc4c(c(-c5scnc5C)c3C#N)CC[C@@H](c3ccnn3C)C4)C2)C1. The first-order valence-electron chi connectivity index (χ1n) is 12.4. The fourth-order valence-corrected chi connectivity index (χ4v) is 7.22. The molecule has 2 fully saturated rings. The molecule has 3 aromatic heterocycles. The van der Waals surface area contributed by atoms with Crippen LogP contribution in [-0.4, -0.2) is 56.7 Å². The predicted octanol–water partition coefficient (Wildman–Crippen LogP) is 3.62. The minimum absolute atomic E-state index is 0.00661. The van der Waals surface area contributed by atoms with Crippen molar-refractivity contribution in [2.45, 2.75) is 38.5 Å². The lowest BCUT2D eigenvalue weighted by Crippen LogP contribution is -2.59. The second-order valence-corrected chi connectivity index (χ2v) is 11.2. The molecule has 2 saturated heterocycles. The Morgan fingerprint density at radius 3 is 2.86 bits per heavy atom. The summed E-state index contributed by atoms with van der Waals surface area (Å²) in [7, 11) is 2.00. The average molecular weight is 500 g/mol. The van der Waals surface area contributed by atoms with Crippen LogP contribution >= 0.6 is 11.3 Å². The third-order valence-electron chi connectivity index (χ3n) is 8.19. The predicted molar refractivity (Wildman–Crippen MR) is 139 cm³/mol. The first-order chi connectivity index (χ1) is 17.4. The zero-order valence-corrected chi connectivity index (χ0v) is 21.5. The van der Waals surface area contributed by atoms with Crippen LogP contribution < -0.4 is 4.90 Å². The molecular weight excluding hydrogens is 470 g/mol. The van der Waals surface area contributed by atoms with Gasteiger partial charge in [-0.2, -0.15) is 10.4 Å². The molecule has 6 rings (SSSR count). The average Bonchev–Trinajstić information content (AvgIpc) is 3.60. The van der Waals surface area contributed by atoms with E-state index in [2.05, 4.69) is 33.7 Å². The Labute approximate surface area is 214 Å². The zero-order chi connectivity index (χ0) is 25.0.